The molecular formula is C33H62N2O3S2. The van der Waals surface area contributed by atoms with Crippen LogP contribution in [0.4, 0.5) is 4.79 Å². The summed E-state index contributed by atoms with van der Waals surface area (Å²) in [6.45, 7) is 4.84. The Bertz CT molecular complexity index is 641. The van der Waals surface area contributed by atoms with Gasteiger partial charge in [-0.3, -0.25) is 4.79 Å². The molecule has 0 aromatic heterocycles. The molecule has 3 atom stereocenters. The van der Waals surface area contributed by atoms with Crippen LogP contribution in [0.2, 0.25) is 0 Å². The van der Waals surface area contributed by atoms with E-state index in [1.165, 1.54) is 109 Å². The Morgan fingerprint density at radius 3 is 2.05 bits per heavy atom. The summed E-state index contributed by atoms with van der Waals surface area (Å²) in [5, 5.41) is 6.54. The molecule has 2 saturated carbocycles. The number of carbonyl (C=O) groups excluding carboxylic acids is 2. The van der Waals surface area contributed by atoms with Crippen LogP contribution in [0.1, 0.15) is 155 Å². The molecule has 2 aliphatic rings. The Morgan fingerprint density at radius 1 is 0.725 bits per heavy atom. The zero-order valence-corrected chi connectivity index (χ0v) is 27.7. The van der Waals surface area contributed by atoms with Gasteiger partial charge in [0, 0.05) is 29.5 Å². The van der Waals surface area contributed by atoms with Crippen LogP contribution in [-0.4, -0.2) is 42.2 Å². The van der Waals surface area contributed by atoms with Crippen molar-refractivity contribution in [2.75, 3.05) is 18.1 Å². The van der Waals surface area contributed by atoms with E-state index in [-0.39, 0.29) is 24.0 Å². The van der Waals surface area contributed by atoms with Gasteiger partial charge in [0.2, 0.25) is 5.91 Å². The summed E-state index contributed by atoms with van der Waals surface area (Å²) < 4.78 is 5.49. The van der Waals surface area contributed by atoms with Gasteiger partial charge < -0.3 is 15.4 Å². The Labute approximate surface area is 255 Å². The maximum absolute atomic E-state index is 12.9. The fourth-order valence-electron chi connectivity index (χ4n) is 6.10. The van der Waals surface area contributed by atoms with Crippen molar-refractivity contribution in [2.24, 2.45) is 11.8 Å². The van der Waals surface area contributed by atoms with Gasteiger partial charge in [-0.15, -0.1) is 0 Å². The minimum atomic E-state index is -0.236. The Morgan fingerprint density at radius 2 is 1.32 bits per heavy atom. The molecule has 0 spiro atoms. The van der Waals surface area contributed by atoms with Crippen molar-refractivity contribution in [3.05, 3.63) is 0 Å². The number of carbonyl (C=O) groups is 2. The van der Waals surface area contributed by atoms with Crippen molar-refractivity contribution in [3.63, 3.8) is 0 Å². The number of hydrogen-bond donors (Lipinski definition) is 2. The topological polar surface area (TPSA) is 67.4 Å². The lowest BCUT2D eigenvalue weighted by Gasteiger charge is -2.22. The van der Waals surface area contributed by atoms with Crippen molar-refractivity contribution >= 4 is 33.6 Å². The molecule has 0 aromatic carbocycles. The van der Waals surface area contributed by atoms with Crippen molar-refractivity contribution in [1.29, 1.82) is 0 Å². The van der Waals surface area contributed by atoms with Crippen molar-refractivity contribution < 1.29 is 14.3 Å². The molecule has 2 amide bonds. The standard InChI is InChI=1S/C33H62N2O3S2/c1-3-4-5-6-9-13-18-28(2)32(36)34-31-22-17-12-14-19-29(23-24-31)27-40-39-26-25-38-33(37)35-30-20-15-10-7-8-11-16-21-30/h28-31H,3-27H2,1-2H3,(H,34,36)(H,35,37). The van der Waals surface area contributed by atoms with Crippen molar-refractivity contribution in [3.8, 4) is 0 Å². The number of ether oxygens (including phenoxy) is 1. The first-order valence-corrected chi connectivity index (χ1v) is 19.5. The molecule has 2 fully saturated rings. The highest BCUT2D eigenvalue weighted by Crippen LogP contribution is 2.30. The molecule has 0 radical (unpaired) electrons. The van der Waals surface area contributed by atoms with Gasteiger partial charge in [0.25, 0.3) is 0 Å². The van der Waals surface area contributed by atoms with Gasteiger partial charge in [0.15, 0.2) is 0 Å². The van der Waals surface area contributed by atoms with Gasteiger partial charge in [0.05, 0.1) is 0 Å². The quantitative estimate of drug-likeness (QED) is 0.137. The lowest BCUT2D eigenvalue weighted by Crippen LogP contribution is -2.38. The van der Waals surface area contributed by atoms with Crippen LogP contribution in [0, 0.1) is 11.8 Å². The fourth-order valence-corrected chi connectivity index (χ4v) is 8.41. The summed E-state index contributed by atoms with van der Waals surface area (Å²) in [6, 6.07) is 0.625. The maximum Gasteiger partial charge on any atom is 0.407 e. The molecule has 0 saturated heterocycles. The van der Waals surface area contributed by atoms with Crippen LogP contribution >= 0.6 is 21.6 Å². The van der Waals surface area contributed by atoms with Gasteiger partial charge in [0.1, 0.15) is 6.61 Å². The SMILES string of the molecule is CCCCCCCCC(C)C(=O)NC1CCCCCC(CSSCCOC(=O)NC2CCCCCCCC2)CC1. The van der Waals surface area contributed by atoms with Crippen molar-refractivity contribution in [2.45, 2.75) is 167 Å². The van der Waals surface area contributed by atoms with Crippen LogP contribution in [0.25, 0.3) is 0 Å². The van der Waals surface area contributed by atoms with Crippen LogP contribution in [0.3, 0.4) is 0 Å². The molecule has 0 heterocycles. The molecule has 0 aliphatic heterocycles. The van der Waals surface area contributed by atoms with Gasteiger partial charge in [-0.25, -0.2) is 4.79 Å². The lowest BCUT2D eigenvalue weighted by molar-refractivity contribution is -0.125. The minimum Gasteiger partial charge on any atom is -0.449 e. The van der Waals surface area contributed by atoms with E-state index in [0.29, 0.717) is 18.6 Å². The average Bonchev–Trinajstić information content (AvgIpc) is 3.15. The van der Waals surface area contributed by atoms with Gasteiger partial charge in [-0.05, 0) is 50.9 Å². The number of hydrogen-bond acceptors (Lipinski definition) is 5. The van der Waals surface area contributed by atoms with Crippen molar-refractivity contribution in [1.82, 2.24) is 10.6 Å². The van der Waals surface area contributed by atoms with E-state index in [0.717, 1.165) is 43.6 Å². The molecule has 2 rings (SSSR count). The molecule has 0 aromatic rings. The van der Waals surface area contributed by atoms with E-state index < -0.39 is 0 Å². The lowest BCUT2D eigenvalue weighted by atomic mass is 9.96. The molecular weight excluding hydrogens is 537 g/mol. The third kappa shape index (κ3) is 18.1. The smallest absolute Gasteiger partial charge is 0.407 e. The zero-order valence-electron chi connectivity index (χ0n) is 26.0. The van der Waals surface area contributed by atoms with Crippen LogP contribution in [-0.2, 0) is 9.53 Å². The minimum absolute atomic E-state index is 0.132. The molecule has 234 valence electrons. The summed E-state index contributed by atoms with van der Waals surface area (Å²) in [4.78, 5) is 25.1. The van der Waals surface area contributed by atoms with E-state index in [4.69, 9.17) is 4.74 Å². The maximum atomic E-state index is 12.9. The highest BCUT2D eigenvalue weighted by Gasteiger charge is 2.21. The van der Waals surface area contributed by atoms with Crippen LogP contribution < -0.4 is 10.6 Å². The number of amides is 2. The average molecular weight is 599 g/mol. The Kier molecular flexibility index (Phi) is 21.3. The largest absolute Gasteiger partial charge is 0.449 e. The first-order valence-electron chi connectivity index (χ1n) is 17.1. The van der Waals surface area contributed by atoms with Crippen LogP contribution in [0.5, 0.6) is 0 Å². The Balaban J connectivity index is 1.56. The fraction of sp³-hybridized carbons (Fsp3) is 0.939. The summed E-state index contributed by atoms with van der Waals surface area (Å²) in [7, 11) is 3.76. The number of unbranched alkanes of at least 4 members (excludes halogenated alkanes) is 5. The van der Waals surface area contributed by atoms with E-state index >= 15 is 0 Å². The Hall–Kier alpha value is -0.560. The van der Waals surface area contributed by atoms with Gasteiger partial charge in [-0.2, -0.15) is 0 Å². The van der Waals surface area contributed by atoms with E-state index in [9.17, 15) is 9.59 Å². The second-order valence-electron chi connectivity index (χ2n) is 12.5. The summed E-state index contributed by atoms with van der Waals surface area (Å²) >= 11 is 0. The molecule has 2 aliphatic carbocycles. The molecule has 0 bridgehead atoms. The van der Waals surface area contributed by atoms with E-state index in [1.54, 1.807) is 0 Å². The predicted octanol–water partition coefficient (Wildman–Crippen LogP) is 9.83. The highest BCUT2D eigenvalue weighted by molar-refractivity contribution is 8.76. The second kappa shape index (κ2) is 23.9. The molecule has 5 nitrogen and oxygen atoms in total. The number of rotatable bonds is 16. The van der Waals surface area contributed by atoms with Gasteiger partial charge in [-0.1, -0.05) is 132 Å². The summed E-state index contributed by atoms with van der Waals surface area (Å²) in [5.41, 5.74) is 0. The third-order valence-corrected chi connectivity index (χ3v) is 11.4. The molecule has 40 heavy (non-hydrogen) atoms. The highest BCUT2D eigenvalue weighted by atomic mass is 33.1. The monoisotopic (exact) mass is 598 g/mol. The van der Waals surface area contributed by atoms with E-state index in [1.807, 2.05) is 21.6 Å². The molecule has 7 heteroatoms. The molecule has 2 N–H and O–H groups in total. The third-order valence-electron chi connectivity index (χ3n) is 8.84. The molecule has 3 unspecified atom stereocenters. The zero-order chi connectivity index (χ0) is 28.7. The first-order chi connectivity index (χ1) is 19.6. The normalized spacial score (nSPS) is 22.4. The van der Waals surface area contributed by atoms with E-state index in [2.05, 4.69) is 24.5 Å². The number of nitrogens with one attached hydrogen (secondary N) is 2. The summed E-state index contributed by atoms with van der Waals surface area (Å²) in [6.07, 6.45) is 26.9. The second-order valence-corrected chi connectivity index (χ2v) is 15.2. The summed E-state index contributed by atoms with van der Waals surface area (Å²) in [5.74, 6) is 3.10. The first kappa shape index (κ1) is 35.6. The van der Waals surface area contributed by atoms with Gasteiger partial charge >= 0.3 is 6.09 Å². The predicted molar refractivity (Wildman–Crippen MR) is 175 cm³/mol. The number of alkyl carbamates (subject to hydrolysis) is 1. The van der Waals surface area contributed by atoms with Crippen LogP contribution in [0.15, 0.2) is 0 Å².